The number of nitrogens with zero attached hydrogens (tertiary/aromatic N) is 2. The Hall–Kier alpha value is -0.480. The Morgan fingerprint density at radius 1 is 0.920 bits per heavy atom. The fourth-order valence-corrected chi connectivity index (χ4v) is 5.43. The molecule has 5 rings (SSSR count). The van der Waals surface area contributed by atoms with E-state index in [9.17, 15) is 0 Å². The molecule has 1 aromatic rings. The van der Waals surface area contributed by atoms with Crippen LogP contribution in [0.15, 0.2) is 18.2 Å². The predicted molar refractivity (Wildman–Crippen MR) is 107 cm³/mol. The quantitative estimate of drug-likeness (QED) is 0.829. The van der Waals surface area contributed by atoms with Gasteiger partial charge in [0.25, 0.3) is 0 Å². The third kappa shape index (κ3) is 3.66. The minimum atomic E-state index is 0.184. The van der Waals surface area contributed by atoms with Gasteiger partial charge in [0.15, 0.2) is 0 Å². The van der Waals surface area contributed by atoms with Gasteiger partial charge in [-0.05, 0) is 69.0 Å². The van der Waals surface area contributed by atoms with Crippen molar-refractivity contribution in [3.8, 4) is 0 Å². The zero-order valence-electron chi connectivity index (χ0n) is 14.9. The van der Waals surface area contributed by atoms with Gasteiger partial charge in [-0.1, -0.05) is 29.3 Å². The van der Waals surface area contributed by atoms with Crippen molar-refractivity contribution in [2.75, 3.05) is 37.6 Å². The molecule has 1 aromatic carbocycles. The molecule has 0 amide bonds. The zero-order valence-corrected chi connectivity index (χ0v) is 16.5. The molecule has 0 unspecified atom stereocenters. The van der Waals surface area contributed by atoms with E-state index in [1.807, 2.05) is 12.1 Å². The van der Waals surface area contributed by atoms with E-state index in [0.717, 1.165) is 31.9 Å². The molecular weight excluding hydrogens is 353 g/mol. The first-order chi connectivity index (χ1) is 12.0. The van der Waals surface area contributed by atoms with Crippen LogP contribution in [0, 0.1) is 5.41 Å². The van der Waals surface area contributed by atoms with Crippen molar-refractivity contribution in [3.05, 3.63) is 28.2 Å². The average Bonchev–Trinajstić information content (AvgIpc) is 2.64. The fraction of sp³-hybridized carbons (Fsp3) is 0.700. The lowest BCUT2D eigenvalue weighted by Crippen LogP contribution is -2.53. The van der Waals surface area contributed by atoms with Crippen LogP contribution < -0.4 is 10.6 Å². The van der Waals surface area contributed by atoms with E-state index in [2.05, 4.69) is 15.9 Å². The summed E-state index contributed by atoms with van der Waals surface area (Å²) in [5.41, 5.74) is 8.30. The Morgan fingerprint density at radius 3 is 2.20 bits per heavy atom. The Morgan fingerprint density at radius 2 is 1.56 bits per heavy atom. The standard InChI is InChI=1S/C20H29Cl2N3/c21-16-2-1-3-17(18(16)22)25-14-12-24(13-15-25)11-10-19-4-7-20(23,8-5-19)9-6-19/h1-3H,4-15,23H2. The third-order valence-corrected chi connectivity index (χ3v) is 7.87. The molecule has 3 aliphatic carbocycles. The predicted octanol–water partition coefficient (Wildman–Crippen LogP) is 4.56. The molecule has 2 bridgehead atoms. The maximum atomic E-state index is 6.45. The van der Waals surface area contributed by atoms with Gasteiger partial charge in [0.2, 0.25) is 0 Å². The normalized spacial score (nSPS) is 33.0. The SMILES string of the molecule is NC12CCC(CCN3CCN(c4cccc(Cl)c4Cl)CC3)(CC1)CC2. The van der Waals surface area contributed by atoms with Crippen LogP contribution in [0.4, 0.5) is 5.69 Å². The molecule has 0 radical (unpaired) electrons. The molecule has 1 saturated heterocycles. The van der Waals surface area contributed by atoms with Crippen LogP contribution in [-0.4, -0.2) is 43.2 Å². The largest absolute Gasteiger partial charge is 0.368 e. The average molecular weight is 382 g/mol. The van der Waals surface area contributed by atoms with E-state index in [1.54, 1.807) is 0 Å². The smallest absolute Gasteiger partial charge is 0.0825 e. The zero-order chi connectivity index (χ0) is 17.5. The third-order valence-electron chi connectivity index (χ3n) is 7.06. The molecule has 1 aliphatic heterocycles. The number of nitrogens with two attached hydrogens (primary N) is 1. The van der Waals surface area contributed by atoms with Gasteiger partial charge in [0, 0.05) is 31.7 Å². The Kier molecular flexibility index (Phi) is 4.96. The molecule has 0 aromatic heterocycles. The molecule has 4 fully saturated rings. The summed E-state index contributed by atoms with van der Waals surface area (Å²) in [5.74, 6) is 0. The first-order valence-corrected chi connectivity index (χ1v) is 10.4. The lowest BCUT2D eigenvalue weighted by Gasteiger charge is -2.52. The second kappa shape index (κ2) is 6.92. The van der Waals surface area contributed by atoms with Crippen LogP contribution in [-0.2, 0) is 0 Å². The number of anilines is 1. The molecular formula is C20H29Cl2N3. The molecule has 25 heavy (non-hydrogen) atoms. The molecule has 2 N–H and O–H groups in total. The Balaban J connectivity index is 1.29. The van der Waals surface area contributed by atoms with E-state index < -0.39 is 0 Å². The summed E-state index contributed by atoms with van der Waals surface area (Å²) >= 11 is 12.5. The van der Waals surface area contributed by atoms with Crippen LogP contribution in [0.25, 0.3) is 0 Å². The molecule has 3 nitrogen and oxygen atoms in total. The van der Waals surface area contributed by atoms with Crippen molar-refractivity contribution in [2.24, 2.45) is 11.1 Å². The van der Waals surface area contributed by atoms with E-state index in [-0.39, 0.29) is 5.54 Å². The van der Waals surface area contributed by atoms with Crippen molar-refractivity contribution >= 4 is 28.9 Å². The molecule has 5 heteroatoms. The first kappa shape index (κ1) is 17.9. The van der Waals surface area contributed by atoms with Gasteiger partial charge in [0.1, 0.15) is 0 Å². The van der Waals surface area contributed by atoms with E-state index in [1.165, 1.54) is 51.5 Å². The number of rotatable bonds is 4. The van der Waals surface area contributed by atoms with Gasteiger partial charge in [0.05, 0.1) is 15.7 Å². The monoisotopic (exact) mass is 381 g/mol. The lowest BCUT2D eigenvalue weighted by molar-refractivity contribution is 0.0279. The lowest BCUT2D eigenvalue weighted by atomic mass is 9.56. The van der Waals surface area contributed by atoms with Gasteiger partial charge in [-0.25, -0.2) is 0 Å². The summed E-state index contributed by atoms with van der Waals surface area (Å²) in [5, 5.41) is 1.33. The van der Waals surface area contributed by atoms with Crippen molar-refractivity contribution < 1.29 is 0 Å². The van der Waals surface area contributed by atoms with Crippen LogP contribution in [0.2, 0.25) is 10.0 Å². The highest BCUT2D eigenvalue weighted by atomic mass is 35.5. The molecule has 3 saturated carbocycles. The summed E-state index contributed by atoms with van der Waals surface area (Å²) in [6.07, 6.45) is 9.13. The first-order valence-electron chi connectivity index (χ1n) is 9.69. The number of piperazine rings is 1. The van der Waals surface area contributed by atoms with E-state index in [4.69, 9.17) is 28.9 Å². The summed E-state index contributed by atoms with van der Waals surface area (Å²) in [6, 6.07) is 5.91. The number of hydrogen-bond acceptors (Lipinski definition) is 3. The highest BCUT2D eigenvalue weighted by Gasteiger charge is 2.46. The van der Waals surface area contributed by atoms with Gasteiger partial charge >= 0.3 is 0 Å². The number of benzene rings is 1. The molecule has 4 aliphatic rings. The van der Waals surface area contributed by atoms with Gasteiger partial charge in [-0.3, -0.25) is 4.90 Å². The number of halogens is 2. The highest BCUT2D eigenvalue weighted by molar-refractivity contribution is 6.43. The van der Waals surface area contributed by atoms with Crippen LogP contribution >= 0.6 is 23.2 Å². The van der Waals surface area contributed by atoms with Crippen molar-refractivity contribution in [1.82, 2.24) is 4.90 Å². The second-order valence-corrected chi connectivity index (χ2v) is 9.30. The molecule has 1 heterocycles. The van der Waals surface area contributed by atoms with Crippen LogP contribution in [0.1, 0.15) is 44.9 Å². The number of fused-ring (bicyclic) bond motifs is 3. The Labute approximate surface area is 161 Å². The maximum absolute atomic E-state index is 6.45. The van der Waals surface area contributed by atoms with Crippen LogP contribution in [0.3, 0.4) is 0 Å². The summed E-state index contributed by atoms with van der Waals surface area (Å²) < 4.78 is 0. The molecule has 0 spiro atoms. The maximum Gasteiger partial charge on any atom is 0.0825 e. The minimum absolute atomic E-state index is 0.184. The van der Waals surface area contributed by atoms with Crippen molar-refractivity contribution in [2.45, 2.75) is 50.5 Å². The minimum Gasteiger partial charge on any atom is -0.368 e. The topological polar surface area (TPSA) is 32.5 Å². The fourth-order valence-electron chi connectivity index (χ4n) is 5.01. The highest BCUT2D eigenvalue weighted by Crippen LogP contribution is 2.53. The molecule has 0 atom stereocenters. The summed E-state index contributed by atoms with van der Waals surface area (Å²) in [7, 11) is 0. The summed E-state index contributed by atoms with van der Waals surface area (Å²) in [4.78, 5) is 5.00. The van der Waals surface area contributed by atoms with E-state index in [0.29, 0.717) is 15.5 Å². The van der Waals surface area contributed by atoms with Gasteiger partial charge in [-0.2, -0.15) is 0 Å². The second-order valence-electron chi connectivity index (χ2n) is 8.51. The van der Waals surface area contributed by atoms with Crippen LogP contribution in [0.5, 0.6) is 0 Å². The Bertz CT molecular complexity index is 601. The van der Waals surface area contributed by atoms with Gasteiger partial charge < -0.3 is 10.6 Å². The van der Waals surface area contributed by atoms with Crippen molar-refractivity contribution in [3.63, 3.8) is 0 Å². The molecule has 138 valence electrons. The number of hydrogen-bond donors (Lipinski definition) is 1. The van der Waals surface area contributed by atoms with E-state index >= 15 is 0 Å². The van der Waals surface area contributed by atoms with Gasteiger partial charge in [-0.15, -0.1) is 0 Å². The van der Waals surface area contributed by atoms with Crippen molar-refractivity contribution in [1.29, 1.82) is 0 Å². The summed E-state index contributed by atoms with van der Waals surface area (Å²) in [6.45, 7) is 5.51.